The molecular formula is C39H37F7O. The van der Waals surface area contributed by atoms with Crippen molar-refractivity contribution in [1.29, 1.82) is 0 Å². The van der Waals surface area contributed by atoms with Crippen molar-refractivity contribution in [1.82, 2.24) is 0 Å². The van der Waals surface area contributed by atoms with E-state index >= 15 is 8.78 Å². The van der Waals surface area contributed by atoms with Crippen LogP contribution < -0.4 is 4.74 Å². The SMILES string of the molecule is CC=Cc1ccc(OC(F)(F)c2c(F)cc(-c3ccc(-c4ccc(C5CCC(CCCCC)CC5)cc4F)cc3F)cc2F)cc1F. The maximum Gasteiger partial charge on any atom is 0.432 e. The zero-order valence-electron chi connectivity index (χ0n) is 26.4. The maximum absolute atomic E-state index is 15.3. The largest absolute Gasteiger partial charge is 0.432 e. The minimum atomic E-state index is -4.51. The van der Waals surface area contributed by atoms with Crippen LogP contribution in [0.1, 0.15) is 87.8 Å². The van der Waals surface area contributed by atoms with Crippen molar-refractivity contribution in [3.05, 3.63) is 119 Å². The van der Waals surface area contributed by atoms with Gasteiger partial charge in [-0.25, -0.2) is 22.0 Å². The molecule has 0 unspecified atom stereocenters. The zero-order valence-corrected chi connectivity index (χ0v) is 26.4. The Morgan fingerprint density at radius 3 is 1.96 bits per heavy atom. The molecule has 1 fully saturated rings. The molecule has 0 saturated heterocycles. The Balaban J connectivity index is 1.31. The van der Waals surface area contributed by atoms with Gasteiger partial charge in [0.15, 0.2) is 0 Å². The van der Waals surface area contributed by atoms with E-state index in [1.165, 1.54) is 56.0 Å². The van der Waals surface area contributed by atoms with Gasteiger partial charge < -0.3 is 4.74 Å². The van der Waals surface area contributed by atoms with Gasteiger partial charge in [0.05, 0.1) is 0 Å². The fraction of sp³-hybridized carbons (Fsp3) is 0.333. The smallest absolute Gasteiger partial charge is 0.429 e. The standard InChI is InChI=1S/C39H37F7O/c1-3-5-6-8-24-9-11-25(12-10-24)27-14-17-31(34(41)19-27)28-15-18-32(35(42)20-28)29-21-36(43)38(37(44)22-29)39(45,46)47-30-16-13-26(7-4-2)33(40)23-30/h4,7,13-25H,3,5-6,8-12H2,1-2H3. The lowest BCUT2D eigenvalue weighted by Gasteiger charge is -2.29. The van der Waals surface area contributed by atoms with Gasteiger partial charge in [-0.2, -0.15) is 8.78 Å². The highest BCUT2D eigenvalue weighted by Crippen LogP contribution is 2.41. The van der Waals surface area contributed by atoms with Crippen LogP contribution in [0.3, 0.4) is 0 Å². The molecule has 8 heteroatoms. The first-order valence-corrected chi connectivity index (χ1v) is 16.1. The lowest BCUT2D eigenvalue weighted by molar-refractivity contribution is -0.189. The summed E-state index contributed by atoms with van der Waals surface area (Å²) in [5.41, 5.74) is -0.889. The molecule has 0 N–H and O–H groups in total. The average molecular weight is 655 g/mol. The number of alkyl halides is 2. The molecule has 0 spiro atoms. The summed E-state index contributed by atoms with van der Waals surface area (Å²) in [6.07, 6.45) is 7.66. The zero-order chi connectivity index (χ0) is 33.7. The quantitative estimate of drug-likeness (QED) is 0.116. The molecule has 4 aromatic carbocycles. The van der Waals surface area contributed by atoms with Crippen molar-refractivity contribution in [3.8, 4) is 28.0 Å². The normalized spacial score (nSPS) is 17.0. The van der Waals surface area contributed by atoms with Crippen LogP contribution >= 0.6 is 0 Å². The van der Waals surface area contributed by atoms with Gasteiger partial charge in [-0.05, 0) is 97.5 Å². The Morgan fingerprint density at radius 1 is 0.702 bits per heavy atom. The van der Waals surface area contributed by atoms with Crippen LogP contribution in [0.5, 0.6) is 5.75 Å². The van der Waals surface area contributed by atoms with E-state index in [0.717, 1.165) is 49.3 Å². The summed E-state index contributed by atoms with van der Waals surface area (Å²) in [6, 6.07) is 12.7. The third kappa shape index (κ3) is 7.91. The predicted molar refractivity (Wildman–Crippen MR) is 172 cm³/mol. The summed E-state index contributed by atoms with van der Waals surface area (Å²) in [7, 11) is 0. The van der Waals surface area contributed by atoms with Gasteiger partial charge in [0.1, 0.15) is 40.4 Å². The Kier molecular flexibility index (Phi) is 10.8. The highest BCUT2D eigenvalue weighted by molar-refractivity contribution is 5.72. The van der Waals surface area contributed by atoms with E-state index in [2.05, 4.69) is 11.7 Å². The number of hydrogen-bond donors (Lipinski definition) is 0. The lowest BCUT2D eigenvalue weighted by atomic mass is 9.77. The van der Waals surface area contributed by atoms with Crippen molar-refractivity contribution in [2.45, 2.75) is 77.2 Å². The summed E-state index contributed by atoms with van der Waals surface area (Å²) < 4.78 is 109. The molecule has 47 heavy (non-hydrogen) atoms. The molecule has 248 valence electrons. The van der Waals surface area contributed by atoms with Crippen molar-refractivity contribution >= 4 is 6.08 Å². The average Bonchev–Trinajstić information content (AvgIpc) is 3.02. The van der Waals surface area contributed by atoms with Crippen molar-refractivity contribution in [2.24, 2.45) is 5.92 Å². The number of rotatable bonds is 11. The highest BCUT2D eigenvalue weighted by atomic mass is 19.3. The van der Waals surface area contributed by atoms with Crippen LogP contribution in [0.15, 0.2) is 72.8 Å². The molecule has 5 rings (SSSR count). The van der Waals surface area contributed by atoms with Crippen LogP contribution in [-0.2, 0) is 6.11 Å². The van der Waals surface area contributed by atoms with Gasteiger partial charge in [0, 0.05) is 22.8 Å². The van der Waals surface area contributed by atoms with Crippen molar-refractivity contribution in [3.63, 3.8) is 0 Å². The monoisotopic (exact) mass is 654 g/mol. The van der Waals surface area contributed by atoms with Crippen LogP contribution in [0.2, 0.25) is 0 Å². The Hall–Kier alpha value is -4.07. The van der Waals surface area contributed by atoms with E-state index in [4.69, 9.17) is 0 Å². The molecule has 0 atom stereocenters. The van der Waals surface area contributed by atoms with Gasteiger partial charge in [0.2, 0.25) is 0 Å². The molecule has 0 aliphatic heterocycles. The fourth-order valence-corrected chi connectivity index (χ4v) is 6.50. The number of ether oxygens (including phenoxy) is 1. The van der Waals surface area contributed by atoms with E-state index in [9.17, 15) is 22.0 Å². The van der Waals surface area contributed by atoms with Crippen molar-refractivity contribution in [2.75, 3.05) is 0 Å². The molecule has 4 aromatic rings. The number of hydrogen-bond acceptors (Lipinski definition) is 1. The Labute approximate surface area is 271 Å². The van der Waals surface area contributed by atoms with Gasteiger partial charge >= 0.3 is 6.11 Å². The highest BCUT2D eigenvalue weighted by Gasteiger charge is 2.41. The van der Waals surface area contributed by atoms with E-state index in [1.54, 1.807) is 19.1 Å². The summed E-state index contributed by atoms with van der Waals surface area (Å²) in [5.74, 6) is -5.29. The number of benzene rings is 4. The number of unbranched alkanes of at least 4 members (excludes halogenated alkanes) is 2. The van der Waals surface area contributed by atoms with E-state index < -0.39 is 46.5 Å². The third-order valence-corrected chi connectivity index (χ3v) is 9.02. The minimum Gasteiger partial charge on any atom is -0.429 e. The molecule has 1 nitrogen and oxygen atoms in total. The Morgan fingerprint density at radius 2 is 1.34 bits per heavy atom. The summed E-state index contributed by atoms with van der Waals surface area (Å²) in [5, 5.41) is 0. The number of halogens is 7. The second-order valence-corrected chi connectivity index (χ2v) is 12.3. The first-order chi connectivity index (χ1) is 22.5. The lowest BCUT2D eigenvalue weighted by Crippen LogP contribution is -2.25. The number of allylic oxidation sites excluding steroid dienone is 1. The summed E-state index contributed by atoms with van der Waals surface area (Å²) in [6.45, 7) is 3.84. The van der Waals surface area contributed by atoms with Crippen LogP contribution in [-0.4, -0.2) is 0 Å². The van der Waals surface area contributed by atoms with Gasteiger partial charge in [0.25, 0.3) is 0 Å². The summed E-state index contributed by atoms with van der Waals surface area (Å²) >= 11 is 0. The summed E-state index contributed by atoms with van der Waals surface area (Å²) in [4.78, 5) is 0. The molecule has 0 bridgehead atoms. The second-order valence-electron chi connectivity index (χ2n) is 12.3. The molecule has 1 aliphatic rings. The fourth-order valence-electron chi connectivity index (χ4n) is 6.50. The molecule has 0 radical (unpaired) electrons. The van der Waals surface area contributed by atoms with Crippen LogP contribution in [0.25, 0.3) is 28.3 Å². The van der Waals surface area contributed by atoms with Gasteiger partial charge in [-0.3, -0.25) is 0 Å². The molecule has 0 amide bonds. The van der Waals surface area contributed by atoms with Gasteiger partial charge in [-0.15, -0.1) is 0 Å². The molecule has 0 heterocycles. The Bertz CT molecular complexity index is 1710. The van der Waals surface area contributed by atoms with Crippen LogP contribution in [0, 0.1) is 35.0 Å². The van der Waals surface area contributed by atoms with E-state index in [1.807, 2.05) is 6.07 Å². The molecule has 0 aromatic heterocycles. The second kappa shape index (κ2) is 14.8. The van der Waals surface area contributed by atoms with Crippen LogP contribution in [0.4, 0.5) is 30.7 Å². The first-order valence-electron chi connectivity index (χ1n) is 16.1. The van der Waals surface area contributed by atoms with Crippen molar-refractivity contribution < 1.29 is 35.5 Å². The molecular weight excluding hydrogens is 617 g/mol. The van der Waals surface area contributed by atoms with Gasteiger partial charge in [-0.1, -0.05) is 69.0 Å². The van der Waals surface area contributed by atoms with E-state index in [0.29, 0.717) is 18.2 Å². The predicted octanol–water partition coefficient (Wildman–Crippen LogP) is 12.7. The molecule has 1 aliphatic carbocycles. The molecule has 1 saturated carbocycles. The first kappa shape index (κ1) is 34.3. The minimum absolute atomic E-state index is 0.114. The topological polar surface area (TPSA) is 9.23 Å². The van der Waals surface area contributed by atoms with E-state index in [-0.39, 0.29) is 33.7 Å². The maximum atomic E-state index is 15.3. The third-order valence-electron chi connectivity index (χ3n) is 9.02.